The van der Waals surface area contributed by atoms with Crippen LogP contribution in [0, 0.1) is 6.92 Å². The number of methoxy groups -OCH3 is 3. The van der Waals surface area contributed by atoms with Gasteiger partial charge in [-0.3, -0.25) is 9.59 Å². The second kappa shape index (κ2) is 8.75. The number of carbonyl (C=O) groups excluding carboxylic acids is 2. The maximum Gasteiger partial charge on any atom is 0.251 e. The van der Waals surface area contributed by atoms with Gasteiger partial charge in [0.15, 0.2) is 11.5 Å². The van der Waals surface area contributed by atoms with E-state index in [9.17, 15) is 9.59 Å². The zero-order valence-electron chi connectivity index (χ0n) is 15.2. The molecule has 0 aromatic heterocycles. The first-order valence-corrected chi connectivity index (χ1v) is 7.93. The van der Waals surface area contributed by atoms with Gasteiger partial charge in [-0.1, -0.05) is 18.2 Å². The van der Waals surface area contributed by atoms with E-state index in [-0.39, 0.29) is 18.4 Å². The Morgan fingerprint density at radius 1 is 0.962 bits per heavy atom. The zero-order valence-corrected chi connectivity index (χ0v) is 15.2. The molecule has 2 aromatic carbocycles. The lowest BCUT2D eigenvalue weighted by Gasteiger charge is -2.15. The number of hydrogen-bond donors (Lipinski definition) is 2. The summed E-state index contributed by atoms with van der Waals surface area (Å²) in [7, 11) is 4.48. The van der Waals surface area contributed by atoms with E-state index in [1.807, 2.05) is 19.1 Å². The van der Waals surface area contributed by atoms with Crippen LogP contribution >= 0.6 is 0 Å². The first-order chi connectivity index (χ1) is 12.5. The highest BCUT2D eigenvalue weighted by molar-refractivity contribution is 6.00. The third-order valence-corrected chi connectivity index (χ3v) is 3.75. The minimum absolute atomic E-state index is 0.163. The average Bonchev–Trinajstić information content (AvgIpc) is 2.65. The number of rotatable bonds is 7. The van der Waals surface area contributed by atoms with Crippen molar-refractivity contribution in [3.8, 4) is 17.2 Å². The van der Waals surface area contributed by atoms with Crippen LogP contribution in [0.2, 0.25) is 0 Å². The lowest BCUT2D eigenvalue weighted by Crippen LogP contribution is -2.33. The molecule has 0 heterocycles. The average molecular weight is 358 g/mol. The molecule has 0 unspecified atom stereocenters. The van der Waals surface area contributed by atoms with Gasteiger partial charge in [0.25, 0.3) is 5.91 Å². The van der Waals surface area contributed by atoms with Crippen molar-refractivity contribution in [1.82, 2.24) is 5.32 Å². The number of carbonyl (C=O) groups is 2. The van der Waals surface area contributed by atoms with Gasteiger partial charge >= 0.3 is 0 Å². The van der Waals surface area contributed by atoms with Crippen LogP contribution < -0.4 is 24.8 Å². The maximum atomic E-state index is 12.2. The molecule has 0 aliphatic heterocycles. The molecule has 0 spiro atoms. The first kappa shape index (κ1) is 19.1. The van der Waals surface area contributed by atoms with E-state index in [4.69, 9.17) is 14.2 Å². The number of nitrogens with one attached hydrogen (secondary N) is 2. The lowest BCUT2D eigenvalue weighted by molar-refractivity contribution is -0.115. The monoisotopic (exact) mass is 358 g/mol. The van der Waals surface area contributed by atoms with E-state index >= 15 is 0 Å². The van der Waals surface area contributed by atoms with Crippen LogP contribution in [-0.4, -0.2) is 39.7 Å². The molecule has 2 amide bonds. The van der Waals surface area contributed by atoms with Crippen LogP contribution in [0.25, 0.3) is 0 Å². The summed E-state index contributed by atoms with van der Waals surface area (Å²) in [5.41, 5.74) is 1.85. The van der Waals surface area contributed by atoms with E-state index < -0.39 is 0 Å². The fourth-order valence-corrected chi connectivity index (χ4v) is 2.44. The SMILES string of the molecule is COc1cc(NC(=O)CNC(=O)c2ccccc2C)cc(OC)c1OC. The van der Waals surface area contributed by atoms with Crippen molar-refractivity contribution in [2.24, 2.45) is 0 Å². The summed E-state index contributed by atoms with van der Waals surface area (Å²) >= 11 is 0. The van der Waals surface area contributed by atoms with Crippen LogP contribution in [0.3, 0.4) is 0 Å². The molecule has 2 aromatic rings. The van der Waals surface area contributed by atoms with Gasteiger partial charge in [-0.05, 0) is 18.6 Å². The normalized spacial score (nSPS) is 10.0. The standard InChI is InChI=1S/C19H22N2O5/c1-12-7-5-6-8-14(12)19(23)20-11-17(22)21-13-9-15(24-2)18(26-4)16(10-13)25-3/h5-10H,11H2,1-4H3,(H,20,23)(H,21,22). The van der Waals surface area contributed by atoms with Crippen molar-refractivity contribution in [2.45, 2.75) is 6.92 Å². The molecule has 0 aliphatic carbocycles. The molecule has 0 atom stereocenters. The number of aryl methyl sites for hydroxylation is 1. The predicted molar refractivity (Wildman–Crippen MR) is 98.2 cm³/mol. The van der Waals surface area contributed by atoms with Crippen LogP contribution in [0.15, 0.2) is 36.4 Å². The second-order valence-electron chi connectivity index (χ2n) is 5.46. The second-order valence-corrected chi connectivity index (χ2v) is 5.46. The van der Waals surface area contributed by atoms with Crippen molar-refractivity contribution in [2.75, 3.05) is 33.2 Å². The molecule has 0 saturated heterocycles. The Hall–Kier alpha value is -3.22. The minimum Gasteiger partial charge on any atom is -0.493 e. The van der Waals surface area contributed by atoms with E-state index in [2.05, 4.69) is 10.6 Å². The highest BCUT2D eigenvalue weighted by atomic mass is 16.5. The van der Waals surface area contributed by atoms with Crippen molar-refractivity contribution in [3.63, 3.8) is 0 Å². The van der Waals surface area contributed by atoms with E-state index in [1.165, 1.54) is 21.3 Å². The Bertz CT molecular complexity index is 779. The molecule has 7 nitrogen and oxygen atoms in total. The van der Waals surface area contributed by atoms with E-state index in [0.29, 0.717) is 28.5 Å². The molecular formula is C19H22N2O5. The fraction of sp³-hybridized carbons (Fsp3) is 0.263. The molecule has 0 fully saturated rings. The molecule has 2 N–H and O–H groups in total. The molecule has 0 bridgehead atoms. The van der Waals surface area contributed by atoms with Crippen LogP contribution in [0.5, 0.6) is 17.2 Å². The Morgan fingerprint density at radius 3 is 2.12 bits per heavy atom. The smallest absolute Gasteiger partial charge is 0.251 e. The van der Waals surface area contributed by atoms with Gasteiger partial charge in [0.2, 0.25) is 11.7 Å². The van der Waals surface area contributed by atoms with Gasteiger partial charge in [-0.2, -0.15) is 0 Å². The quantitative estimate of drug-likeness (QED) is 0.794. The highest BCUT2D eigenvalue weighted by Gasteiger charge is 2.15. The summed E-state index contributed by atoms with van der Waals surface area (Å²) < 4.78 is 15.7. The van der Waals surface area contributed by atoms with Gasteiger partial charge < -0.3 is 24.8 Å². The molecule has 2 rings (SSSR count). The molecule has 0 saturated carbocycles. The minimum atomic E-state index is -0.374. The van der Waals surface area contributed by atoms with Crippen molar-refractivity contribution >= 4 is 17.5 Å². The number of amides is 2. The topological polar surface area (TPSA) is 85.9 Å². The largest absolute Gasteiger partial charge is 0.493 e. The highest BCUT2D eigenvalue weighted by Crippen LogP contribution is 2.39. The lowest BCUT2D eigenvalue weighted by atomic mass is 10.1. The zero-order chi connectivity index (χ0) is 19.1. The fourth-order valence-electron chi connectivity index (χ4n) is 2.44. The number of ether oxygens (including phenoxy) is 3. The molecular weight excluding hydrogens is 336 g/mol. The van der Waals surface area contributed by atoms with E-state index in [1.54, 1.807) is 24.3 Å². The third-order valence-electron chi connectivity index (χ3n) is 3.75. The summed E-state index contributed by atoms with van der Waals surface area (Å²) in [4.78, 5) is 24.3. The summed E-state index contributed by atoms with van der Waals surface area (Å²) in [6.45, 7) is 1.68. The Balaban J connectivity index is 2.04. The van der Waals surface area contributed by atoms with Crippen molar-refractivity contribution < 1.29 is 23.8 Å². The number of anilines is 1. The third kappa shape index (κ3) is 4.44. The maximum absolute atomic E-state index is 12.2. The summed E-state index contributed by atoms with van der Waals surface area (Å²) in [6, 6.07) is 10.4. The first-order valence-electron chi connectivity index (χ1n) is 7.93. The van der Waals surface area contributed by atoms with Crippen LogP contribution in [0.4, 0.5) is 5.69 Å². The van der Waals surface area contributed by atoms with Gasteiger partial charge in [0.1, 0.15) is 0 Å². The number of benzene rings is 2. The summed E-state index contributed by atoms with van der Waals surface area (Å²) in [6.07, 6.45) is 0. The van der Waals surface area contributed by atoms with Crippen LogP contribution in [0.1, 0.15) is 15.9 Å². The van der Waals surface area contributed by atoms with Crippen LogP contribution in [-0.2, 0) is 4.79 Å². The Morgan fingerprint density at radius 2 is 1.58 bits per heavy atom. The Labute approximate surface area is 152 Å². The molecule has 7 heteroatoms. The summed E-state index contributed by atoms with van der Waals surface area (Å²) in [5, 5.41) is 5.30. The van der Waals surface area contributed by atoms with Crippen molar-refractivity contribution in [1.29, 1.82) is 0 Å². The Kier molecular flexibility index (Phi) is 6.43. The van der Waals surface area contributed by atoms with E-state index in [0.717, 1.165) is 5.56 Å². The van der Waals surface area contributed by atoms with Gasteiger partial charge in [-0.15, -0.1) is 0 Å². The number of hydrogen-bond acceptors (Lipinski definition) is 5. The predicted octanol–water partition coefficient (Wildman–Crippen LogP) is 2.39. The molecule has 26 heavy (non-hydrogen) atoms. The molecule has 0 radical (unpaired) electrons. The molecule has 138 valence electrons. The van der Waals surface area contributed by atoms with Gasteiger partial charge in [0, 0.05) is 23.4 Å². The van der Waals surface area contributed by atoms with Crippen molar-refractivity contribution in [3.05, 3.63) is 47.5 Å². The summed E-state index contributed by atoms with van der Waals surface area (Å²) in [5.74, 6) is 0.599. The molecule has 0 aliphatic rings. The van der Waals surface area contributed by atoms with Gasteiger partial charge in [0.05, 0.1) is 27.9 Å². The van der Waals surface area contributed by atoms with Gasteiger partial charge in [-0.25, -0.2) is 0 Å².